The van der Waals surface area contributed by atoms with Crippen LogP contribution in [0.1, 0.15) is 27.5 Å². The minimum absolute atomic E-state index is 0.247. The highest BCUT2D eigenvalue weighted by molar-refractivity contribution is 8.00. The number of rotatable bonds is 5. The van der Waals surface area contributed by atoms with Crippen LogP contribution in [0.15, 0.2) is 76.6 Å². The Labute approximate surface area is 254 Å². The number of halogens is 2. The Morgan fingerprint density at radius 2 is 1.56 bits per heavy atom. The van der Waals surface area contributed by atoms with Gasteiger partial charge in [-0.05, 0) is 49.7 Å². The van der Waals surface area contributed by atoms with E-state index in [1.807, 2.05) is 38.1 Å². The first kappa shape index (κ1) is 27.8. The second kappa shape index (κ2) is 10.8. The van der Waals surface area contributed by atoms with Crippen LogP contribution in [-0.4, -0.2) is 27.5 Å². The molecule has 0 spiro atoms. The third-order valence-electron chi connectivity index (χ3n) is 7.30. The molecule has 3 heterocycles. The summed E-state index contributed by atoms with van der Waals surface area (Å²) in [7, 11) is 0. The standard InChI is InChI=1S/C30H23Cl2N3O4S2/c1-15-6-10-17(11-7-15)33-21(36)14-34-29-26(41-30(34)39)22(19-4-3-5-20(31)24(19)32)23-25(40-29)28(38)35(27(23)37)18-12-8-16(2)9-13-18/h3-13,22-23,25H,14H2,1-2H3,(H,33,36)/t22-,23?,25?/m1/s1. The fourth-order valence-corrected chi connectivity index (χ4v) is 8.47. The van der Waals surface area contributed by atoms with Crippen LogP contribution in [0.2, 0.25) is 10.0 Å². The summed E-state index contributed by atoms with van der Waals surface area (Å²) in [5.41, 5.74) is 3.70. The van der Waals surface area contributed by atoms with Crippen LogP contribution < -0.4 is 15.1 Å². The molecule has 3 aromatic carbocycles. The van der Waals surface area contributed by atoms with Crippen LogP contribution in [0.5, 0.6) is 0 Å². The van der Waals surface area contributed by atoms with Gasteiger partial charge in [0.1, 0.15) is 11.8 Å². The molecule has 1 N–H and O–H groups in total. The second-order valence-corrected chi connectivity index (χ2v) is 13.0. The first-order valence-corrected chi connectivity index (χ1v) is 15.2. The summed E-state index contributed by atoms with van der Waals surface area (Å²) in [4.78, 5) is 55.6. The fourth-order valence-electron chi connectivity index (χ4n) is 5.28. The molecule has 2 aliphatic heterocycles. The molecule has 3 atom stereocenters. The number of benzene rings is 3. The van der Waals surface area contributed by atoms with E-state index in [1.54, 1.807) is 42.5 Å². The van der Waals surface area contributed by atoms with Crippen molar-refractivity contribution in [1.29, 1.82) is 0 Å². The molecule has 0 aliphatic carbocycles. The van der Waals surface area contributed by atoms with Gasteiger partial charge in [-0.25, -0.2) is 4.90 Å². The molecular formula is C30H23Cl2N3O4S2. The van der Waals surface area contributed by atoms with Gasteiger partial charge in [-0.2, -0.15) is 0 Å². The topological polar surface area (TPSA) is 88.5 Å². The van der Waals surface area contributed by atoms with E-state index in [1.165, 1.54) is 9.47 Å². The van der Waals surface area contributed by atoms with Gasteiger partial charge >= 0.3 is 4.87 Å². The molecule has 41 heavy (non-hydrogen) atoms. The highest BCUT2D eigenvalue weighted by Crippen LogP contribution is 2.55. The van der Waals surface area contributed by atoms with Gasteiger partial charge in [-0.1, -0.05) is 93.8 Å². The van der Waals surface area contributed by atoms with Gasteiger partial charge in [0.25, 0.3) is 0 Å². The van der Waals surface area contributed by atoms with Crippen molar-refractivity contribution in [2.75, 3.05) is 10.2 Å². The molecule has 2 unspecified atom stereocenters. The SMILES string of the molecule is Cc1ccc(NC(=O)Cn2c3c(sc2=O)[C@H](c2cccc(Cl)c2Cl)C2C(=O)N(c4ccc(C)cc4)C(=O)C2S3)cc1. The van der Waals surface area contributed by atoms with E-state index in [2.05, 4.69) is 5.32 Å². The predicted molar refractivity (Wildman–Crippen MR) is 163 cm³/mol. The van der Waals surface area contributed by atoms with Gasteiger partial charge in [-0.3, -0.25) is 23.7 Å². The van der Waals surface area contributed by atoms with Gasteiger partial charge in [-0.15, -0.1) is 0 Å². The largest absolute Gasteiger partial charge is 0.325 e. The molecule has 1 saturated heterocycles. The highest BCUT2D eigenvalue weighted by Gasteiger charge is 2.57. The number of thioether (sulfide) groups is 1. The van der Waals surface area contributed by atoms with Crippen molar-refractivity contribution < 1.29 is 14.4 Å². The van der Waals surface area contributed by atoms with Gasteiger partial charge in [0.05, 0.1) is 26.7 Å². The summed E-state index contributed by atoms with van der Waals surface area (Å²) >= 11 is 15.2. The molecule has 7 nitrogen and oxygen atoms in total. The molecule has 2 aliphatic rings. The number of nitrogens with zero attached hydrogens (tertiary/aromatic N) is 2. The molecule has 0 bridgehead atoms. The Balaban J connectivity index is 1.43. The maximum atomic E-state index is 14.0. The van der Waals surface area contributed by atoms with E-state index in [0.717, 1.165) is 34.2 Å². The monoisotopic (exact) mass is 623 g/mol. The Morgan fingerprint density at radius 3 is 2.24 bits per heavy atom. The van der Waals surface area contributed by atoms with Crippen molar-refractivity contribution in [2.45, 2.75) is 36.6 Å². The Kier molecular flexibility index (Phi) is 7.32. The van der Waals surface area contributed by atoms with E-state index >= 15 is 0 Å². The molecule has 4 aromatic rings. The zero-order valence-electron chi connectivity index (χ0n) is 21.9. The molecule has 1 aromatic heterocycles. The molecule has 0 saturated carbocycles. The number of nitrogens with one attached hydrogen (secondary N) is 1. The first-order valence-electron chi connectivity index (χ1n) is 12.8. The number of anilines is 2. The first-order chi connectivity index (χ1) is 19.6. The van der Waals surface area contributed by atoms with E-state index in [9.17, 15) is 19.2 Å². The van der Waals surface area contributed by atoms with Gasteiger partial charge < -0.3 is 5.32 Å². The van der Waals surface area contributed by atoms with E-state index < -0.39 is 17.1 Å². The number of thiazole rings is 1. The van der Waals surface area contributed by atoms with Crippen LogP contribution in [0.25, 0.3) is 0 Å². The maximum absolute atomic E-state index is 14.0. The van der Waals surface area contributed by atoms with E-state index in [0.29, 0.717) is 31.9 Å². The van der Waals surface area contributed by atoms with Crippen molar-refractivity contribution >= 4 is 75.4 Å². The molecule has 3 amide bonds. The van der Waals surface area contributed by atoms with Crippen molar-refractivity contribution in [3.8, 4) is 0 Å². The summed E-state index contributed by atoms with van der Waals surface area (Å²) < 4.78 is 1.38. The van der Waals surface area contributed by atoms with Crippen LogP contribution in [0.3, 0.4) is 0 Å². The zero-order chi connectivity index (χ0) is 29.0. The predicted octanol–water partition coefficient (Wildman–Crippen LogP) is 6.27. The molecule has 208 valence electrons. The van der Waals surface area contributed by atoms with Crippen molar-refractivity contribution in [1.82, 2.24) is 4.57 Å². The van der Waals surface area contributed by atoms with E-state index in [4.69, 9.17) is 23.2 Å². The van der Waals surface area contributed by atoms with E-state index in [-0.39, 0.29) is 34.2 Å². The lowest BCUT2D eigenvalue weighted by Crippen LogP contribution is -2.33. The number of carbonyl (C=O) groups excluding carboxylic acids is 3. The smallest absolute Gasteiger partial charge is 0.308 e. The summed E-state index contributed by atoms with van der Waals surface area (Å²) in [6, 6.07) is 19.7. The number of aromatic nitrogens is 1. The number of imide groups is 1. The normalized spacial score (nSPS) is 19.7. The van der Waals surface area contributed by atoms with Crippen molar-refractivity contribution in [3.63, 3.8) is 0 Å². The Hall–Kier alpha value is -3.37. The second-order valence-electron chi connectivity index (χ2n) is 10.1. The van der Waals surface area contributed by atoms with Crippen LogP contribution in [0.4, 0.5) is 11.4 Å². The summed E-state index contributed by atoms with van der Waals surface area (Å²) in [6.45, 7) is 3.63. The van der Waals surface area contributed by atoms with Crippen molar-refractivity contribution in [2.24, 2.45) is 5.92 Å². The number of aryl methyl sites for hydroxylation is 2. The van der Waals surface area contributed by atoms with Gasteiger partial charge in [0, 0.05) is 16.5 Å². The fraction of sp³-hybridized carbons (Fsp3) is 0.200. The van der Waals surface area contributed by atoms with Crippen LogP contribution >= 0.6 is 46.3 Å². The maximum Gasteiger partial charge on any atom is 0.308 e. The van der Waals surface area contributed by atoms with Gasteiger partial charge in [0.2, 0.25) is 17.7 Å². The molecule has 6 rings (SSSR count). The molecule has 11 heteroatoms. The summed E-state index contributed by atoms with van der Waals surface area (Å²) in [5.74, 6) is -2.64. The summed E-state index contributed by atoms with van der Waals surface area (Å²) in [6.07, 6.45) is 0. The number of amides is 3. The quantitative estimate of drug-likeness (QED) is 0.265. The van der Waals surface area contributed by atoms with Crippen molar-refractivity contribution in [3.05, 3.63) is 108 Å². The van der Waals surface area contributed by atoms with Gasteiger partial charge in [0.15, 0.2) is 0 Å². The molecule has 0 radical (unpaired) electrons. The number of hydrogen-bond acceptors (Lipinski definition) is 6. The third-order valence-corrected chi connectivity index (χ3v) is 10.7. The Bertz CT molecular complexity index is 1770. The third kappa shape index (κ3) is 4.91. The minimum Gasteiger partial charge on any atom is -0.325 e. The average molecular weight is 625 g/mol. The number of fused-ring (bicyclic) bond motifs is 2. The molecular weight excluding hydrogens is 601 g/mol. The highest BCUT2D eigenvalue weighted by atomic mass is 35.5. The van der Waals surface area contributed by atoms with Crippen LogP contribution in [-0.2, 0) is 20.9 Å². The lowest BCUT2D eigenvalue weighted by atomic mass is 9.83. The lowest BCUT2D eigenvalue weighted by Gasteiger charge is -2.31. The van der Waals surface area contributed by atoms with Crippen LogP contribution in [0, 0.1) is 19.8 Å². The number of carbonyl (C=O) groups is 3. The summed E-state index contributed by atoms with van der Waals surface area (Å²) in [5, 5.41) is 3.04. The minimum atomic E-state index is -0.822. The lowest BCUT2D eigenvalue weighted by molar-refractivity contribution is -0.122. The molecule has 1 fully saturated rings. The Morgan fingerprint density at radius 1 is 0.902 bits per heavy atom. The number of hydrogen-bond donors (Lipinski definition) is 1. The zero-order valence-corrected chi connectivity index (χ0v) is 25.0. The average Bonchev–Trinajstić information content (AvgIpc) is 3.38.